The molecule has 3 N–H and O–H groups in total. The molecule has 0 aliphatic heterocycles. The van der Waals surface area contributed by atoms with E-state index in [0.29, 0.717) is 10.9 Å². The lowest BCUT2D eigenvalue weighted by Crippen LogP contribution is -2.25. The van der Waals surface area contributed by atoms with E-state index in [-0.39, 0.29) is 17.3 Å². The van der Waals surface area contributed by atoms with Gasteiger partial charge in [-0.2, -0.15) is 0 Å². The number of aromatic nitrogens is 2. The maximum atomic E-state index is 12.7. The van der Waals surface area contributed by atoms with Gasteiger partial charge in [0.1, 0.15) is 5.69 Å². The van der Waals surface area contributed by atoms with Gasteiger partial charge in [0, 0.05) is 12.2 Å². The van der Waals surface area contributed by atoms with Gasteiger partial charge in [-0.05, 0) is 36.1 Å². The van der Waals surface area contributed by atoms with Crippen LogP contribution in [0.25, 0.3) is 5.69 Å². The van der Waals surface area contributed by atoms with E-state index in [1.54, 1.807) is 16.7 Å². The average Bonchev–Trinajstić information content (AvgIpc) is 3.10. The number of sulfonamides is 1. The van der Waals surface area contributed by atoms with Crippen LogP contribution in [-0.4, -0.2) is 30.1 Å². The zero-order valence-electron chi connectivity index (χ0n) is 14.5. The first-order valence-electron chi connectivity index (χ1n) is 7.97. The topological polar surface area (TPSA) is 107 Å². The van der Waals surface area contributed by atoms with Crippen LogP contribution in [0.3, 0.4) is 0 Å². The molecule has 2 aromatic carbocycles. The molecule has 0 spiro atoms. The number of nitrogens with zero attached hydrogens (tertiary/aromatic N) is 2. The molecule has 0 saturated heterocycles. The maximum Gasteiger partial charge on any atom is 0.270 e. The van der Waals surface area contributed by atoms with E-state index in [1.807, 2.05) is 36.6 Å². The van der Waals surface area contributed by atoms with Gasteiger partial charge in [-0.25, -0.2) is 18.5 Å². The SMILES string of the molecule is CSc1ncc(C(=O)NCc2ccc(S(N)(=O)=O)cc2)n1-c1ccccc1. The molecule has 0 atom stereocenters. The van der Waals surface area contributed by atoms with Crippen molar-refractivity contribution in [1.82, 2.24) is 14.9 Å². The number of imidazole rings is 1. The molecule has 0 radical (unpaired) electrons. The van der Waals surface area contributed by atoms with E-state index in [4.69, 9.17) is 5.14 Å². The van der Waals surface area contributed by atoms with Crippen molar-refractivity contribution in [1.29, 1.82) is 0 Å². The summed E-state index contributed by atoms with van der Waals surface area (Å²) in [6, 6.07) is 15.6. The minimum atomic E-state index is -3.73. The van der Waals surface area contributed by atoms with Crippen LogP contribution in [0, 0.1) is 0 Å². The summed E-state index contributed by atoms with van der Waals surface area (Å²) in [5.74, 6) is -0.276. The first kappa shape index (κ1) is 19.2. The van der Waals surface area contributed by atoms with Crippen LogP contribution < -0.4 is 10.5 Å². The Hall–Kier alpha value is -2.62. The van der Waals surface area contributed by atoms with Crippen LogP contribution in [0.1, 0.15) is 16.1 Å². The predicted molar refractivity (Wildman–Crippen MR) is 104 cm³/mol. The number of benzene rings is 2. The Morgan fingerprint density at radius 2 is 1.81 bits per heavy atom. The summed E-state index contributed by atoms with van der Waals surface area (Å²) < 4.78 is 24.4. The quantitative estimate of drug-likeness (QED) is 0.615. The fraction of sp³-hybridized carbons (Fsp3) is 0.111. The Morgan fingerprint density at radius 3 is 2.41 bits per heavy atom. The van der Waals surface area contributed by atoms with Crippen LogP contribution in [-0.2, 0) is 16.6 Å². The smallest absolute Gasteiger partial charge is 0.270 e. The molecule has 9 heteroatoms. The summed E-state index contributed by atoms with van der Waals surface area (Å²) in [6.07, 6.45) is 3.44. The molecule has 3 aromatic rings. The normalized spacial score (nSPS) is 11.3. The standard InChI is InChI=1S/C18H18N4O3S2/c1-26-18-21-12-16(22(18)14-5-3-2-4-6-14)17(23)20-11-13-7-9-15(10-8-13)27(19,24)25/h2-10,12H,11H2,1H3,(H,20,23)(H2,19,24,25). The van der Waals surface area contributed by atoms with Crippen molar-refractivity contribution in [2.24, 2.45) is 5.14 Å². The third kappa shape index (κ3) is 4.38. The molecule has 0 aliphatic carbocycles. The van der Waals surface area contributed by atoms with Crippen LogP contribution in [0.4, 0.5) is 0 Å². The van der Waals surface area contributed by atoms with Gasteiger partial charge in [-0.15, -0.1) is 0 Å². The number of rotatable bonds is 6. The fourth-order valence-electron chi connectivity index (χ4n) is 2.54. The molecule has 0 unspecified atom stereocenters. The van der Waals surface area contributed by atoms with Gasteiger partial charge in [-0.3, -0.25) is 9.36 Å². The van der Waals surface area contributed by atoms with Gasteiger partial charge in [0.25, 0.3) is 5.91 Å². The molecule has 1 heterocycles. The van der Waals surface area contributed by atoms with Crippen molar-refractivity contribution in [2.75, 3.05) is 6.26 Å². The monoisotopic (exact) mass is 402 g/mol. The largest absolute Gasteiger partial charge is 0.347 e. The molecule has 7 nitrogen and oxygen atoms in total. The minimum Gasteiger partial charge on any atom is -0.347 e. The second-order valence-electron chi connectivity index (χ2n) is 5.67. The Morgan fingerprint density at radius 1 is 1.15 bits per heavy atom. The van der Waals surface area contributed by atoms with Crippen molar-refractivity contribution in [2.45, 2.75) is 16.6 Å². The number of amides is 1. The minimum absolute atomic E-state index is 0.0318. The molecular weight excluding hydrogens is 384 g/mol. The second-order valence-corrected chi connectivity index (χ2v) is 8.01. The molecule has 0 saturated carbocycles. The number of primary sulfonamides is 1. The fourth-order valence-corrected chi connectivity index (χ4v) is 3.60. The van der Waals surface area contributed by atoms with Crippen molar-refractivity contribution >= 4 is 27.7 Å². The number of thioether (sulfide) groups is 1. The van der Waals surface area contributed by atoms with Gasteiger partial charge in [0.15, 0.2) is 5.16 Å². The highest BCUT2D eigenvalue weighted by Crippen LogP contribution is 2.21. The Kier molecular flexibility index (Phi) is 5.64. The molecule has 0 fully saturated rings. The van der Waals surface area contributed by atoms with E-state index in [9.17, 15) is 13.2 Å². The van der Waals surface area contributed by atoms with Crippen molar-refractivity contribution in [3.63, 3.8) is 0 Å². The summed E-state index contributed by atoms with van der Waals surface area (Å²) in [5, 5.41) is 8.63. The number of para-hydroxylation sites is 1. The Labute approximate surface area is 161 Å². The number of hydrogen-bond donors (Lipinski definition) is 2. The summed E-state index contributed by atoms with van der Waals surface area (Å²) in [5.41, 5.74) is 2.03. The molecule has 0 bridgehead atoms. The number of hydrogen-bond acceptors (Lipinski definition) is 5. The zero-order valence-corrected chi connectivity index (χ0v) is 16.1. The highest BCUT2D eigenvalue weighted by atomic mass is 32.2. The molecule has 3 rings (SSSR count). The van der Waals surface area contributed by atoms with Crippen molar-refractivity contribution in [3.8, 4) is 5.69 Å². The maximum absolute atomic E-state index is 12.7. The zero-order chi connectivity index (χ0) is 19.4. The lowest BCUT2D eigenvalue weighted by molar-refractivity contribution is 0.0943. The van der Waals surface area contributed by atoms with Crippen LogP contribution in [0.15, 0.2) is 70.8 Å². The van der Waals surface area contributed by atoms with E-state index < -0.39 is 10.0 Å². The Bertz CT molecular complexity index is 1050. The Balaban J connectivity index is 1.78. The van der Waals surface area contributed by atoms with Crippen LogP contribution in [0.5, 0.6) is 0 Å². The summed E-state index contributed by atoms with van der Waals surface area (Å²) in [4.78, 5) is 17.0. The third-order valence-corrected chi connectivity index (χ3v) is 5.45. The lowest BCUT2D eigenvalue weighted by atomic mass is 10.2. The summed E-state index contributed by atoms with van der Waals surface area (Å²) in [7, 11) is -3.73. The highest BCUT2D eigenvalue weighted by molar-refractivity contribution is 7.98. The van der Waals surface area contributed by atoms with E-state index in [2.05, 4.69) is 10.3 Å². The molecule has 140 valence electrons. The average molecular weight is 403 g/mol. The number of carbonyl (C=O) groups excluding carboxylic acids is 1. The molecule has 1 amide bonds. The van der Waals surface area contributed by atoms with E-state index in [1.165, 1.54) is 30.1 Å². The summed E-state index contributed by atoms with van der Waals surface area (Å²) >= 11 is 1.45. The summed E-state index contributed by atoms with van der Waals surface area (Å²) in [6.45, 7) is 0.248. The third-order valence-electron chi connectivity index (χ3n) is 3.86. The molecule has 1 aromatic heterocycles. The van der Waals surface area contributed by atoms with E-state index >= 15 is 0 Å². The number of nitrogens with one attached hydrogen (secondary N) is 1. The van der Waals surface area contributed by atoms with Crippen LogP contribution in [0.2, 0.25) is 0 Å². The van der Waals surface area contributed by atoms with Crippen molar-refractivity contribution in [3.05, 3.63) is 72.1 Å². The number of nitrogens with two attached hydrogens (primary N) is 1. The first-order valence-corrected chi connectivity index (χ1v) is 10.7. The van der Waals surface area contributed by atoms with Gasteiger partial charge >= 0.3 is 0 Å². The molecule has 27 heavy (non-hydrogen) atoms. The second kappa shape index (κ2) is 7.95. The van der Waals surface area contributed by atoms with Crippen molar-refractivity contribution < 1.29 is 13.2 Å². The van der Waals surface area contributed by atoms with E-state index in [0.717, 1.165) is 11.3 Å². The molecular formula is C18H18N4O3S2. The predicted octanol–water partition coefficient (Wildman–Crippen LogP) is 2.17. The number of carbonyl (C=O) groups is 1. The molecule has 0 aliphatic rings. The van der Waals surface area contributed by atoms with Gasteiger partial charge in [0.05, 0.1) is 11.1 Å². The lowest BCUT2D eigenvalue weighted by Gasteiger charge is -2.11. The van der Waals surface area contributed by atoms with Gasteiger partial charge in [-0.1, -0.05) is 42.1 Å². The van der Waals surface area contributed by atoms with Gasteiger partial charge < -0.3 is 5.32 Å². The van der Waals surface area contributed by atoms with Gasteiger partial charge in [0.2, 0.25) is 10.0 Å². The highest BCUT2D eigenvalue weighted by Gasteiger charge is 2.17. The van der Waals surface area contributed by atoms with Crippen LogP contribution >= 0.6 is 11.8 Å². The first-order chi connectivity index (χ1) is 12.9.